The highest BCUT2D eigenvalue weighted by Gasteiger charge is 2.24. The Morgan fingerprint density at radius 2 is 2.04 bits per heavy atom. The van der Waals surface area contributed by atoms with E-state index in [1.165, 1.54) is 30.4 Å². The number of nitro benzene ring substituents is 1. The molecule has 0 bridgehead atoms. The van der Waals surface area contributed by atoms with Crippen LogP contribution in [0.15, 0.2) is 41.8 Å². The second-order valence-electron chi connectivity index (χ2n) is 6.01. The van der Waals surface area contributed by atoms with Gasteiger partial charge in [0, 0.05) is 31.0 Å². The molecule has 2 rings (SSSR count). The number of benzene rings is 1. The normalized spacial score (nSPS) is 12.9. The Bertz CT molecular complexity index is 791. The summed E-state index contributed by atoms with van der Waals surface area (Å²) in [6.45, 7) is 3.23. The summed E-state index contributed by atoms with van der Waals surface area (Å²) in [5.41, 5.74) is 0.673. The molecular formula is C18H21N3O4S. The van der Waals surface area contributed by atoms with Crippen molar-refractivity contribution in [3.63, 3.8) is 0 Å². The van der Waals surface area contributed by atoms with Crippen LogP contribution in [0.4, 0.5) is 5.69 Å². The maximum absolute atomic E-state index is 12.7. The predicted octanol–water partition coefficient (Wildman–Crippen LogP) is 3.44. The second-order valence-corrected chi connectivity index (χ2v) is 6.98. The van der Waals surface area contributed by atoms with Crippen LogP contribution < -0.4 is 5.32 Å². The minimum Gasteiger partial charge on any atom is -0.348 e. The van der Waals surface area contributed by atoms with Crippen molar-refractivity contribution in [2.75, 3.05) is 7.05 Å². The molecule has 2 atom stereocenters. The molecular weight excluding hydrogens is 354 g/mol. The van der Waals surface area contributed by atoms with Gasteiger partial charge in [0.15, 0.2) is 0 Å². The Labute approximate surface area is 155 Å². The van der Waals surface area contributed by atoms with Crippen molar-refractivity contribution in [3.05, 3.63) is 62.3 Å². The molecule has 1 aromatic heterocycles. The fraction of sp³-hybridized carbons (Fsp3) is 0.333. The van der Waals surface area contributed by atoms with Gasteiger partial charge in [0.2, 0.25) is 11.8 Å². The molecule has 1 N–H and O–H groups in total. The third-order valence-electron chi connectivity index (χ3n) is 4.18. The number of hydrogen-bond donors (Lipinski definition) is 1. The van der Waals surface area contributed by atoms with Gasteiger partial charge in [-0.3, -0.25) is 19.7 Å². The van der Waals surface area contributed by atoms with Crippen molar-refractivity contribution in [1.29, 1.82) is 0 Å². The molecule has 0 fully saturated rings. The molecule has 2 unspecified atom stereocenters. The van der Waals surface area contributed by atoms with E-state index in [1.54, 1.807) is 24.1 Å². The number of carbonyl (C=O) groups is 2. The van der Waals surface area contributed by atoms with E-state index in [1.807, 2.05) is 24.4 Å². The summed E-state index contributed by atoms with van der Waals surface area (Å²) >= 11 is 1.48. The molecule has 0 saturated heterocycles. The molecule has 2 amide bonds. The molecule has 0 spiro atoms. The summed E-state index contributed by atoms with van der Waals surface area (Å²) in [6, 6.07) is 9.28. The molecule has 2 aromatic rings. The van der Waals surface area contributed by atoms with Crippen molar-refractivity contribution >= 4 is 28.8 Å². The number of nitrogens with one attached hydrogen (secondary N) is 1. The molecule has 0 saturated carbocycles. The van der Waals surface area contributed by atoms with E-state index in [2.05, 4.69) is 5.32 Å². The number of nitrogens with zero attached hydrogens (tertiary/aromatic N) is 2. The molecule has 138 valence electrons. The average molecular weight is 375 g/mol. The molecule has 1 aromatic carbocycles. The van der Waals surface area contributed by atoms with Gasteiger partial charge in [0.25, 0.3) is 5.69 Å². The first kappa shape index (κ1) is 19.6. The Morgan fingerprint density at radius 1 is 1.31 bits per heavy atom. The highest BCUT2D eigenvalue weighted by Crippen LogP contribution is 2.27. The topological polar surface area (TPSA) is 92.6 Å². The SMILES string of the molecule is CC(=O)NC(CC(=O)N(C)C(C)c1cccc([N+](=O)[O-])c1)c1cccs1. The molecule has 1 heterocycles. The number of thiophene rings is 1. The standard InChI is InChI=1S/C18H21N3O4S/c1-12(14-6-4-7-15(10-14)21(24)25)20(3)18(23)11-16(19-13(2)22)17-8-5-9-26-17/h4-10,12,16H,11H2,1-3H3,(H,19,22). The van der Waals surface area contributed by atoms with Crippen molar-refractivity contribution in [1.82, 2.24) is 10.2 Å². The van der Waals surface area contributed by atoms with Crippen LogP contribution in [0.3, 0.4) is 0 Å². The van der Waals surface area contributed by atoms with E-state index < -0.39 is 4.92 Å². The molecule has 8 heteroatoms. The third kappa shape index (κ3) is 4.89. The van der Waals surface area contributed by atoms with Gasteiger partial charge in [-0.05, 0) is 23.9 Å². The monoisotopic (exact) mass is 375 g/mol. The van der Waals surface area contributed by atoms with E-state index in [4.69, 9.17) is 0 Å². The summed E-state index contributed by atoms with van der Waals surface area (Å²) < 4.78 is 0. The van der Waals surface area contributed by atoms with Crippen LogP contribution in [-0.2, 0) is 9.59 Å². The van der Waals surface area contributed by atoms with Crippen LogP contribution in [0.1, 0.15) is 42.8 Å². The van der Waals surface area contributed by atoms with E-state index in [9.17, 15) is 19.7 Å². The zero-order chi connectivity index (χ0) is 19.3. The molecule has 0 aliphatic rings. The Kier molecular flexibility index (Phi) is 6.46. The number of carbonyl (C=O) groups excluding carboxylic acids is 2. The Morgan fingerprint density at radius 3 is 2.62 bits per heavy atom. The lowest BCUT2D eigenvalue weighted by Gasteiger charge is -2.27. The van der Waals surface area contributed by atoms with Gasteiger partial charge in [0.1, 0.15) is 0 Å². The quantitative estimate of drug-likeness (QED) is 0.593. The Balaban J connectivity index is 2.13. The van der Waals surface area contributed by atoms with Crippen LogP contribution in [0.25, 0.3) is 0 Å². The summed E-state index contributed by atoms with van der Waals surface area (Å²) in [5.74, 6) is -0.359. The van der Waals surface area contributed by atoms with Crippen LogP contribution in [0, 0.1) is 10.1 Å². The molecule has 0 aliphatic carbocycles. The lowest BCUT2D eigenvalue weighted by molar-refractivity contribution is -0.384. The van der Waals surface area contributed by atoms with Gasteiger partial charge in [0.05, 0.1) is 23.4 Å². The number of nitro groups is 1. The lowest BCUT2D eigenvalue weighted by atomic mass is 10.0. The van der Waals surface area contributed by atoms with Crippen molar-refractivity contribution in [3.8, 4) is 0 Å². The van der Waals surface area contributed by atoms with E-state index in [-0.39, 0.29) is 36.0 Å². The maximum Gasteiger partial charge on any atom is 0.269 e. The first-order valence-corrected chi connectivity index (χ1v) is 8.98. The summed E-state index contributed by atoms with van der Waals surface area (Å²) in [7, 11) is 1.66. The van der Waals surface area contributed by atoms with Crippen molar-refractivity contribution in [2.45, 2.75) is 32.4 Å². The highest BCUT2D eigenvalue weighted by atomic mass is 32.1. The third-order valence-corrected chi connectivity index (χ3v) is 5.17. The zero-order valence-electron chi connectivity index (χ0n) is 14.8. The molecule has 7 nitrogen and oxygen atoms in total. The largest absolute Gasteiger partial charge is 0.348 e. The highest BCUT2D eigenvalue weighted by molar-refractivity contribution is 7.10. The maximum atomic E-state index is 12.7. The van der Waals surface area contributed by atoms with Crippen molar-refractivity contribution < 1.29 is 14.5 Å². The van der Waals surface area contributed by atoms with Gasteiger partial charge in [-0.2, -0.15) is 0 Å². The summed E-state index contributed by atoms with van der Waals surface area (Å²) in [4.78, 5) is 37.1. The van der Waals surface area contributed by atoms with Crippen molar-refractivity contribution in [2.24, 2.45) is 0 Å². The molecule has 26 heavy (non-hydrogen) atoms. The van der Waals surface area contributed by atoms with Gasteiger partial charge in [-0.15, -0.1) is 11.3 Å². The average Bonchev–Trinajstić information content (AvgIpc) is 3.14. The number of hydrogen-bond acceptors (Lipinski definition) is 5. The van der Waals surface area contributed by atoms with E-state index in [0.717, 1.165) is 4.88 Å². The first-order valence-electron chi connectivity index (χ1n) is 8.10. The fourth-order valence-corrected chi connectivity index (χ4v) is 3.39. The second kappa shape index (κ2) is 8.57. The van der Waals surface area contributed by atoms with Gasteiger partial charge in [-0.1, -0.05) is 18.2 Å². The first-order chi connectivity index (χ1) is 12.3. The Hall–Kier alpha value is -2.74. The zero-order valence-corrected chi connectivity index (χ0v) is 15.7. The molecule has 0 radical (unpaired) electrons. The predicted molar refractivity (Wildman–Crippen MR) is 99.8 cm³/mol. The van der Waals surface area contributed by atoms with Crippen LogP contribution in [0.5, 0.6) is 0 Å². The lowest BCUT2D eigenvalue weighted by Crippen LogP contribution is -2.34. The van der Waals surface area contributed by atoms with Gasteiger partial charge >= 0.3 is 0 Å². The van der Waals surface area contributed by atoms with Gasteiger partial charge in [-0.25, -0.2) is 0 Å². The summed E-state index contributed by atoms with van der Waals surface area (Å²) in [5, 5.41) is 15.6. The van der Waals surface area contributed by atoms with E-state index in [0.29, 0.717) is 5.56 Å². The number of non-ortho nitro benzene ring substituents is 1. The van der Waals surface area contributed by atoms with Gasteiger partial charge < -0.3 is 10.2 Å². The summed E-state index contributed by atoms with van der Waals surface area (Å²) in [6.07, 6.45) is 0.121. The fourth-order valence-electron chi connectivity index (χ4n) is 2.61. The van der Waals surface area contributed by atoms with Crippen LogP contribution >= 0.6 is 11.3 Å². The van der Waals surface area contributed by atoms with Crippen LogP contribution in [0.2, 0.25) is 0 Å². The number of amides is 2. The van der Waals surface area contributed by atoms with E-state index >= 15 is 0 Å². The minimum absolute atomic E-state index is 0.00934. The molecule has 0 aliphatic heterocycles. The number of rotatable bonds is 7. The minimum atomic E-state index is -0.457. The van der Waals surface area contributed by atoms with Crippen LogP contribution in [-0.4, -0.2) is 28.7 Å². The smallest absolute Gasteiger partial charge is 0.269 e.